The van der Waals surface area contributed by atoms with Crippen LogP contribution in [0.5, 0.6) is 0 Å². The summed E-state index contributed by atoms with van der Waals surface area (Å²) in [6, 6.07) is 9.97. The number of rotatable bonds is 6. The second kappa shape index (κ2) is 7.13. The molecule has 0 bridgehead atoms. The van der Waals surface area contributed by atoms with Gasteiger partial charge in [-0.15, -0.1) is 0 Å². The Kier molecular flexibility index (Phi) is 5.42. The van der Waals surface area contributed by atoms with Crippen LogP contribution in [0, 0.1) is 5.41 Å². The Hall–Kier alpha value is -1.88. The fourth-order valence-electron chi connectivity index (χ4n) is 2.85. The SMILES string of the molecule is CC(C)(CCc1ccccc1)OC(=O)C1(C(=O)O)CCNCC1. The number of aliphatic carboxylic acids is 1. The zero-order valence-corrected chi connectivity index (χ0v) is 13.8. The topological polar surface area (TPSA) is 75.6 Å². The maximum atomic E-state index is 12.6. The first-order valence-electron chi connectivity index (χ1n) is 8.07. The largest absolute Gasteiger partial charge is 0.480 e. The first-order valence-corrected chi connectivity index (χ1v) is 8.07. The van der Waals surface area contributed by atoms with Gasteiger partial charge in [0.15, 0.2) is 5.41 Å². The summed E-state index contributed by atoms with van der Waals surface area (Å²) in [5.74, 6) is -1.69. The number of carbonyl (C=O) groups excluding carboxylic acids is 1. The third-order valence-electron chi connectivity index (χ3n) is 4.48. The highest BCUT2D eigenvalue weighted by atomic mass is 16.6. The van der Waals surface area contributed by atoms with E-state index in [-0.39, 0.29) is 12.8 Å². The van der Waals surface area contributed by atoms with Gasteiger partial charge in [-0.3, -0.25) is 9.59 Å². The van der Waals surface area contributed by atoms with E-state index in [4.69, 9.17) is 4.74 Å². The molecule has 0 unspecified atom stereocenters. The molecule has 5 heteroatoms. The lowest BCUT2D eigenvalue weighted by atomic mass is 9.79. The van der Waals surface area contributed by atoms with Gasteiger partial charge in [-0.2, -0.15) is 0 Å². The van der Waals surface area contributed by atoms with E-state index >= 15 is 0 Å². The number of hydrogen-bond donors (Lipinski definition) is 2. The lowest BCUT2D eigenvalue weighted by molar-refractivity contribution is -0.180. The van der Waals surface area contributed by atoms with E-state index in [1.165, 1.54) is 5.56 Å². The molecule has 0 aliphatic carbocycles. The van der Waals surface area contributed by atoms with Crippen molar-refractivity contribution >= 4 is 11.9 Å². The van der Waals surface area contributed by atoms with E-state index < -0.39 is 23.0 Å². The standard InChI is InChI=1S/C18H25NO4/c1-17(2,9-8-14-6-4-3-5-7-14)23-16(22)18(15(20)21)10-12-19-13-11-18/h3-7,19H,8-13H2,1-2H3,(H,20,21). The number of hydrogen-bond acceptors (Lipinski definition) is 4. The molecule has 5 nitrogen and oxygen atoms in total. The summed E-state index contributed by atoms with van der Waals surface area (Å²) in [6.07, 6.45) is 1.98. The van der Waals surface area contributed by atoms with Crippen LogP contribution in [0.25, 0.3) is 0 Å². The molecule has 23 heavy (non-hydrogen) atoms. The van der Waals surface area contributed by atoms with Crippen LogP contribution in [0.4, 0.5) is 0 Å². The Balaban J connectivity index is 2.00. The van der Waals surface area contributed by atoms with Gasteiger partial charge in [-0.25, -0.2) is 0 Å². The summed E-state index contributed by atoms with van der Waals surface area (Å²) in [4.78, 5) is 24.2. The van der Waals surface area contributed by atoms with Crippen LogP contribution < -0.4 is 5.32 Å². The quantitative estimate of drug-likeness (QED) is 0.622. The highest BCUT2D eigenvalue weighted by Crippen LogP contribution is 2.33. The van der Waals surface area contributed by atoms with E-state index in [1.54, 1.807) is 0 Å². The van der Waals surface area contributed by atoms with Crippen molar-refractivity contribution in [2.45, 2.75) is 45.1 Å². The van der Waals surface area contributed by atoms with Gasteiger partial charge in [-0.05, 0) is 58.2 Å². The van der Waals surface area contributed by atoms with Crippen molar-refractivity contribution in [3.8, 4) is 0 Å². The molecular weight excluding hydrogens is 294 g/mol. The molecular formula is C18H25NO4. The van der Waals surface area contributed by atoms with Crippen molar-refractivity contribution in [3.63, 3.8) is 0 Å². The van der Waals surface area contributed by atoms with Crippen molar-refractivity contribution < 1.29 is 19.4 Å². The number of aryl methyl sites for hydroxylation is 1. The molecule has 0 saturated carbocycles. The van der Waals surface area contributed by atoms with Gasteiger partial charge in [0.25, 0.3) is 0 Å². The number of carboxylic acids is 1. The molecule has 1 aromatic carbocycles. The Bertz CT molecular complexity index is 547. The van der Waals surface area contributed by atoms with E-state index in [2.05, 4.69) is 5.32 Å². The summed E-state index contributed by atoms with van der Waals surface area (Å²) >= 11 is 0. The second-order valence-corrected chi connectivity index (χ2v) is 6.77. The van der Waals surface area contributed by atoms with Crippen LogP contribution in [0.3, 0.4) is 0 Å². The Morgan fingerprint density at radius 2 is 1.83 bits per heavy atom. The molecule has 0 amide bonds. The molecule has 1 fully saturated rings. The Labute approximate surface area is 137 Å². The van der Waals surface area contributed by atoms with Crippen LogP contribution in [0.2, 0.25) is 0 Å². The van der Waals surface area contributed by atoms with Crippen LogP contribution in [-0.4, -0.2) is 35.7 Å². The number of ether oxygens (including phenoxy) is 1. The van der Waals surface area contributed by atoms with Gasteiger partial charge in [-0.1, -0.05) is 30.3 Å². The predicted octanol–water partition coefficient (Wildman–Crippen LogP) is 2.40. The fraction of sp³-hybridized carbons (Fsp3) is 0.556. The first-order chi connectivity index (χ1) is 10.9. The smallest absolute Gasteiger partial charge is 0.324 e. The summed E-state index contributed by atoms with van der Waals surface area (Å²) in [7, 11) is 0. The summed E-state index contributed by atoms with van der Waals surface area (Å²) < 4.78 is 5.62. The van der Waals surface area contributed by atoms with Gasteiger partial charge in [0.1, 0.15) is 5.60 Å². The average Bonchev–Trinajstić information content (AvgIpc) is 2.54. The molecule has 0 spiro atoms. The number of esters is 1. The monoisotopic (exact) mass is 319 g/mol. The molecule has 1 aliphatic heterocycles. The molecule has 1 aromatic rings. The van der Waals surface area contributed by atoms with Gasteiger partial charge in [0, 0.05) is 0 Å². The molecule has 1 heterocycles. The summed E-state index contributed by atoms with van der Waals surface area (Å²) in [6.45, 7) is 4.71. The maximum absolute atomic E-state index is 12.6. The number of piperidine rings is 1. The average molecular weight is 319 g/mol. The molecule has 0 aromatic heterocycles. The van der Waals surface area contributed by atoms with Crippen LogP contribution in [-0.2, 0) is 20.7 Å². The highest BCUT2D eigenvalue weighted by molar-refractivity contribution is 5.99. The van der Waals surface area contributed by atoms with Crippen LogP contribution >= 0.6 is 0 Å². The number of carboxylic acid groups (broad SMARTS) is 1. The highest BCUT2D eigenvalue weighted by Gasteiger charge is 2.49. The van der Waals surface area contributed by atoms with E-state index in [0.717, 1.165) is 6.42 Å². The van der Waals surface area contributed by atoms with E-state index in [1.807, 2.05) is 44.2 Å². The van der Waals surface area contributed by atoms with Gasteiger partial charge in [0.05, 0.1) is 0 Å². The Morgan fingerprint density at radius 3 is 2.39 bits per heavy atom. The molecule has 2 N–H and O–H groups in total. The minimum atomic E-state index is -1.41. The van der Waals surface area contributed by atoms with Crippen molar-refractivity contribution in [1.29, 1.82) is 0 Å². The van der Waals surface area contributed by atoms with Crippen molar-refractivity contribution in [2.24, 2.45) is 5.41 Å². The fourth-order valence-corrected chi connectivity index (χ4v) is 2.85. The van der Waals surface area contributed by atoms with Gasteiger partial charge < -0.3 is 15.2 Å². The van der Waals surface area contributed by atoms with Crippen molar-refractivity contribution in [3.05, 3.63) is 35.9 Å². The molecule has 126 valence electrons. The summed E-state index contributed by atoms with van der Waals surface area (Å²) in [5.41, 5.74) is -0.929. The van der Waals surface area contributed by atoms with Crippen LogP contribution in [0.15, 0.2) is 30.3 Å². The van der Waals surface area contributed by atoms with E-state index in [9.17, 15) is 14.7 Å². The number of benzene rings is 1. The van der Waals surface area contributed by atoms with E-state index in [0.29, 0.717) is 19.5 Å². The third kappa shape index (κ3) is 4.32. The van der Waals surface area contributed by atoms with Gasteiger partial charge >= 0.3 is 11.9 Å². The molecule has 0 atom stereocenters. The molecule has 1 aliphatic rings. The Morgan fingerprint density at radius 1 is 1.22 bits per heavy atom. The maximum Gasteiger partial charge on any atom is 0.324 e. The minimum Gasteiger partial charge on any atom is -0.480 e. The number of carbonyl (C=O) groups is 2. The predicted molar refractivity (Wildman–Crippen MR) is 87.1 cm³/mol. The number of nitrogens with one attached hydrogen (secondary N) is 1. The zero-order chi connectivity index (χ0) is 16.9. The van der Waals surface area contributed by atoms with Crippen molar-refractivity contribution in [2.75, 3.05) is 13.1 Å². The van der Waals surface area contributed by atoms with Crippen LogP contribution in [0.1, 0.15) is 38.7 Å². The first kappa shape index (κ1) is 17.5. The second-order valence-electron chi connectivity index (χ2n) is 6.77. The normalized spacial score (nSPS) is 17.5. The zero-order valence-electron chi connectivity index (χ0n) is 13.8. The molecule has 1 saturated heterocycles. The lowest BCUT2D eigenvalue weighted by Crippen LogP contribution is -2.50. The summed E-state index contributed by atoms with van der Waals surface area (Å²) in [5, 5.41) is 12.6. The lowest BCUT2D eigenvalue weighted by Gasteiger charge is -2.35. The molecule has 0 radical (unpaired) electrons. The third-order valence-corrected chi connectivity index (χ3v) is 4.48. The minimum absolute atomic E-state index is 0.274. The van der Waals surface area contributed by atoms with Gasteiger partial charge in [0.2, 0.25) is 0 Å². The molecule has 2 rings (SSSR count). The van der Waals surface area contributed by atoms with Crippen molar-refractivity contribution in [1.82, 2.24) is 5.32 Å².